The molecule has 0 aromatic carbocycles. The maximum Gasteiger partial charge on any atom is 0.129 e. The van der Waals surface area contributed by atoms with Gasteiger partial charge < -0.3 is 10.8 Å². The molecule has 0 saturated heterocycles. The van der Waals surface area contributed by atoms with Crippen LogP contribution in [0.4, 0.5) is 5.82 Å². The van der Waals surface area contributed by atoms with Gasteiger partial charge in [0, 0.05) is 11.8 Å². The van der Waals surface area contributed by atoms with Gasteiger partial charge >= 0.3 is 0 Å². The number of hydrogen-bond acceptors (Lipinski definition) is 3. The van der Waals surface area contributed by atoms with Crippen molar-refractivity contribution in [2.24, 2.45) is 0 Å². The number of aryl methyl sites for hydroxylation is 1. The van der Waals surface area contributed by atoms with E-state index in [1.54, 1.807) is 20.0 Å². The van der Waals surface area contributed by atoms with Crippen LogP contribution in [0, 0.1) is 6.92 Å². The van der Waals surface area contributed by atoms with Crippen molar-refractivity contribution in [3.05, 3.63) is 23.4 Å². The van der Waals surface area contributed by atoms with Crippen LogP contribution in [0.1, 0.15) is 25.0 Å². The van der Waals surface area contributed by atoms with Crippen molar-refractivity contribution in [2.45, 2.75) is 26.4 Å². The molecule has 0 atom stereocenters. The van der Waals surface area contributed by atoms with Crippen LogP contribution >= 0.6 is 0 Å². The molecule has 0 saturated carbocycles. The van der Waals surface area contributed by atoms with Gasteiger partial charge in [0.25, 0.3) is 0 Å². The molecule has 0 aliphatic carbocycles. The summed E-state index contributed by atoms with van der Waals surface area (Å²) in [7, 11) is 0. The smallest absolute Gasteiger partial charge is 0.129 e. The lowest BCUT2D eigenvalue weighted by molar-refractivity contribution is 0.0790. The van der Waals surface area contributed by atoms with E-state index in [0.717, 1.165) is 5.56 Å². The van der Waals surface area contributed by atoms with Crippen molar-refractivity contribution in [2.75, 3.05) is 5.73 Å². The summed E-state index contributed by atoms with van der Waals surface area (Å²) in [4.78, 5) is 3.96. The van der Waals surface area contributed by atoms with Gasteiger partial charge in [-0.15, -0.1) is 0 Å². The van der Waals surface area contributed by atoms with E-state index in [1.165, 1.54) is 0 Å². The third kappa shape index (κ3) is 1.74. The van der Waals surface area contributed by atoms with Crippen LogP contribution in [0.5, 0.6) is 0 Å². The Labute approximate surface area is 72.2 Å². The number of nitrogens with two attached hydrogens (primary N) is 1. The molecule has 0 aliphatic rings. The average molecular weight is 166 g/mol. The first-order valence-electron chi connectivity index (χ1n) is 3.86. The first-order valence-corrected chi connectivity index (χ1v) is 3.86. The average Bonchev–Trinajstić information content (AvgIpc) is 1.92. The molecule has 0 unspecified atom stereocenters. The summed E-state index contributed by atoms with van der Waals surface area (Å²) >= 11 is 0. The molecule has 1 aromatic heterocycles. The Morgan fingerprint density at radius 1 is 1.50 bits per heavy atom. The molecule has 3 heteroatoms. The highest BCUT2D eigenvalue weighted by Crippen LogP contribution is 2.24. The summed E-state index contributed by atoms with van der Waals surface area (Å²) < 4.78 is 0. The molecule has 0 radical (unpaired) electrons. The number of aromatic nitrogens is 1. The van der Waals surface area contributed by atoms with Gasteiger partial charge in [-0.1, -0.05) is 0 Å². The summed E-state index contributed by atoms with van der Waals surface area (Å²) in [6, 6.07) is 1.85. The molecule has 0 fully saturated rings. The lowest BCUT2D eigenvalue weighted by Gasteiger charge is -2.19. The number of hydrogen-bond donors (Lipinski definition) is 2. The number of nitrogens with zero attached hydrogens (tertiary/aromatic N) is 1. The maximum atomic E-state index is 9.67. The third-order valence-electron chi connectivity index (χ3n) is 1.71. The number of aliphatic hydroxyl groups is 1. The number of rotatable bonds is 1. The van der Waals surface area contributed by atoms with Crippen LogP contribution in [-0.4, -0.2) is 10.1 Å². The van der Waals surface area contributed by atoms with E-state index < -0.39 is 5.60 Å². The fourth-order valence-corrected chi connectivity index (χ4v) is 1.07. The van der Waals surface area contributed by atoms with Crippen LogP contribution in [0.3, 0.4) is 0 Å². The van der Waals surface area contributed by atoms with E-state index in [2.05, 4.69) is 4.98 Å². The van der Waals surface area contributed by atoms with Crippen LogP contribution < -0.4 is 5.73 Å². The fourth-order valence-electron chi connectivity index (χ4n) is 1.07. The second-order valence-electron chi connectivity index (χ2n) is 3.50. The van der Waals surface area contributed by atoms with Crippen LogP contribution in [0.15, 0.2) is 12.3 Å². The quantitative estimate of drug-likeness (QED) is 0.659. The summed E-state index contributed by atoms with van der Waals surface area (Å²) in [5.74, 6) is 0.396. The third-order valence-corrected chi connectivity index (χ3v) is 1.71. The van der Waals surface area contributed by atoms with Gasteiger partial charge in [0.1, 0.15) is 5.82 Å². The lowest BCUT2D eigenvalue weighted by Crippen LogP contribution is -2.18. The first-order chi connectivity index (χ1) is 5.41. The van der Waals surface area contributed by atoms with E-state index in [1.807, 2.05) is 13.0 Å². The summed E-state index contributed by atoms with van der Waals surface area (Å²) in [6.45, 7) is 5.31. The van der Waals surface area contributed by atoms with Gasteiger partial charge in [0.2, 0.25) is 0 Å². The van der Waals surface area contributed by atoms with Gasteiger partial charge in [0.15, 0.2) is 0 Å². The minimum Gasteiger partial charge on any atom is -0.386 e. The molecule has 66 valence electrons. The molecule has 0 bridgehead atoms. The largest absolute Gasteiger partial charge is 0.386 e. The van der Waals surface area contributed by atoms with Crippen molar-refractivity contribution in [1.29, 1.82) is 0 Å². The molecule has 12 heavy (non-hydrogen) atoms. The summed E-state index contributed by atoms with van der Waals surface area (Å²) in [5.41, 5.74) is 6.37. The van der Waals surface area contributed by atoms with Gasteiger partial charge in [0.05, 0.1) is 5.60 Å². The highest BCUT2D eigenvalue weighted by atomic mass is 16.3. The van der Waals surface area contributed by atoms with E-state index >= 15 is 0 Å². The van der Waals surface area contributed by atoms with Gasteiger partial charge in [-0.05, 0) is 32.4 Å². The Balaban J connectivity index is 3.23. The van der Waals surface area contributed by atoms with Crippen molar-refractivity contribution >= 4 is 5.82 Å². The zero-order valence-corrected chi connectivity index (χ0v) is 7.63. The van der Waals surface area contributed by atoms with Crippen molar-refractivity contribution < 1.29 is 5.11 Å². The van der Waals surface area contributed by atoms with Crippen molar-refractivity contribution in [1.82, 2.24) is 4.98 Å². The molecule has 0 aliphatic heterocycles. The molecule has 0 spiro atoms. The fraction of sp³-hybridized carbons (Fsp3) is 0.444. The molecule has 1 rings (SSSR count). The highest BCUT2D eigenvalue weighted by Gasteiger charge is 2.19. The summed E-state index contributed by atoms with van der Waals surface area (Å²) in [5, 5.41) is 9.67. The molecule has 1 heterocycles. The molecule has 3 nitrogen and oxygen atoms in total. The monoisotopic (exact) mass is 166 g/mol. The Morgan fingerprint density at radius 3 is 2.50 bits per heavy atom. The number of pyridine rings is 1. The van der Waals surface area contributed by atoms with Crippen LogP contribution in [-0.2, 0) is 5.60 Å². The first kappa shape index (κ1) is 9.00. The zero-order valence-electron chi connectivity index (χ0n) is 7.63. The normalized spacial score (nSPS) is 11.7. The lowest BCUT2D eigenvalue weighted by atomic mass is 9.98. The number of anilines is 1. The van der Waals surface area contributed by atoms with Gasteiger partial charge in [-0.2, -0.15) is 0 Å². The van der Waals surface area contributed by atoms with Crippen LogP contribution in [0.2, 0.25) is 0 Å². The zero-order chi connectivity index (χ0) is 9.35. The minimum absolute atomic E-state index is 0.396. The van der Waals surface area contributed by atoms with Crippen molar-refractivity contribution in [3.8, 4) is 0 Å². The minimum atomic E-state index is -0.914. The molecule has 3 N–H and O–H groups in total. The maximum absolute atomic E-state index is 9.67. The second-order valence-corrected chi connectivity index (χ2v) is 3.50. The van der Waals surface area contributed by atoms with Crippen LogP contribution in [0.25, 0.3) is 0 Å². The Bertz CT molecular complexity index is 289. The topological polar surface area (TPSA) is 59.1 Å². The summed E-state index contributed by atoms with van der Waals surface area (Å²) in [6.07, 6.45) is 1.69. The Hall–Kier alpha value is -1.09. The standard InChI is InChI=1S/C9H14N2O/c1-6-4-7(9(2,3)12)8(10)11-5-6/h4-5,12H,1-3H3,(H2,10,11). The van der Waals surface area contributed by atoms with Gasteiger partial charge in [-0.25, -0.2) is 4.98 Å². The van der Waals surface area contributed by atoms with Crippen molar-refractivity contribution in [3.63, 3.8) is 0 Å². The molecule has 1 aromatic rings. The number of nitrogen functional groups attached to an aromatic ring is 1. The Kier molecular flexibility index (Phi) is 2.06. The predicted octanol–water partition coefficient (Wildman–Crippen LogP) is 1.20. The van der Waals surface area contributed by atoms with E-state index in [-0.39, 0.29) is 0 Å². The Morgan fingerprint density at radius 2 is 2.08 bits per heavy atom. The molecule has 0 amide bonds. The predicted molar refractivity (Wildman–Crippen MR) is 48.6 cm³/mol. The second kappa shape index (κ2) is 2.75. The highest BCUT2D eigenvalue weighted by molar-refractivity contribution is 5.43. The molecular formula is C9H14N2O. The molecular weight excluding hydrogens is 152 g/mol. The van der Waals surface area contributed by atoms with Gasteiger partial charge in [-0.3, -0.25) is 0 Å². The SMILES string of the molecule is Cc1cnc(N)c(C(C)(C)O)c1. The van der Waals surface area contributed by atoms with E-state index in [9.17, 15) is 5.11 Å². The van der Waals surface area contributed by atoms with E-state index in [0.29, 0.717) is 11.4 Å². The van der Waals surface area contributed by atoms with E-state index in [4.69, 9.17) is 5.73 Å².